The van der Waals surface area contributed by atoms with Crippen molar-refractivity contribution in [1.29, 1.82) is 0 Å². The first-order valence-electron chi connectivity index (χ1n) is 9.93. The molecule has 0 unspecified atom stereocenters. The molecule has 0 bridgehead atoms. The lowest BCUT2D eigenvalue weighted by atomic mass is 10.00. The van der Waals surface area contributed by atoms with Gasteiger partial charge in [-0.3, -0.25) is 14.4 Å². The van der Waals surface area contributed by atoms with E-state index in [1.807, 2.05) is 0 Å². The molecule has 0 saturated carbocycles. The molecule has 10 heteroatoms. The van der Waals surface area contributed by atoms with Gasteiger partial charge < -0.3 is 30.4 Å². The zero-order valence-corrected chi connectivity index (χ0v) is 18.1. The average Bonchev–Trinajstić information content (AvgIpc) is 2.72. The van der Waals surface area contributed by atoms with Crippen LogP contribution >= 0.6 is 0 Å². The molecule has 0 aliphatic carbocycles. The summed E-state index contributed by atoms with van der Waals surface area (Å²) in [7, 11) is 0. The van der Waals surface area contributed by atoms with Gasteiger partial charge in [0.05, 0.1) is 23.1 Å². The number of nitrogen functional groups attached to an aromatic ring is 1. The van der Waals surface area contributed by atoms with E-state index in [2.05, 4.69) is 5.32 Å². The van der Waals surface area contributed by atoms with Gasteiger partial charge in [0.1, 0.15) is 12.2 Å². The molecule has 10 nitrogen and oxygen atoms in total. The smallest absolute Gasteiger partial charge is 0.332 e. The van der Waals surface area contributed by atoms with Crippen LogP contribution in [-0.4, -0.2) is 53.3 Å². The Kier molecular flexibility index (Phi) is 7.48. The SMILES string of the molecule is CC(C)C(=O)O[C@H]1[C@H](C)OC(=O)[C@@H](NC(=O)c2cccc(N)c2O)[C@@H](C)OC(=O)[C@@H]1C. The summed E-state index contributed by atoms with van der Waals surface area (Å²) < 4.78 is 16.1. The highest BCUT2D eigenvalue weighted by Crippen LogP contribution is 2.25. The van der Waals surface area contributed by atoms with E-state index in [-0.39, 0.29) is 11.3 Å². The van der Waals surface area contributed by atoms with Gasteiger partial charge in [0, 0.05) is 0 Å². The number of ether oxygens (including phenoxy) is 3. The van der Waals surface area contributed by atoms with Gasteiger partial charge in [-0.1, -0.05) is 19.9 Å². The number of hydrogen-bond donors (Lipinski definition) is 3. The van der Waals surface area contributed by atoms with Crippen molar-refractivity contribution in [2.75, 3.05) is 5.73 Å². The first-order chi connectivity index (χ1) is 14.4. The molecule has 1 fully saturated rings. The summed E-state index contributed by atoms with van der Waals surface area (Å²) in [6.45, 7) is 7.67. The molecular formula is C21H28N2O8. The molecular weight excluding hydrogens is 408 g/mol. The van der Waals surface area contributed by atoms with E-state index in [4.69, 9.17) is 19.9 Å². The molecule has 0 spiro atoms. The van der Waals surface area contributed by atoms with Crippen molar-refractivity contribution in [2.45, 2.75) is 59.0 Å². The second-order valence-electron chi connectivity index (χ2n) is 7.82. The monoisotopic (exact) mass is 436 g/mol. The highest BCUT2D eigenvalue weighted by molar-refractivity contribution is 6.00. The van der Waals surface area contributed by atoms with E-state index in [9.17, 15) is 24.3 Å². The van der Waals surface area contributed by atoms with Gasteiger partial charge in [-0.25, -0.2) is 4.79 Å². The van der Waals surface area contributed by atoms with E-state index >= 15 is 0 Å². The Morgan fingerprint density at radius 1 is 1.10 bits per heavy atom. The topological polar surface area (TPSA) is 154 Å². The van der Waals surface area contributed by atoms with Crippen LogP contribution in [0.4, 0.5) is 5.69 Å². The maximum atomic E-state index is 12.8. The van der Waals surface area contributed by atoms with Crippen LogP contribution in [0.15, 0.2) is 18.2 Å². The molecule has 1 saturated heterocycles. The zero-order valence-electron chi connectivity index (χ0n) is 18.1. The lowest BCUT2D eigenvalue weighted by molar-refractivity contribution is -0.175. The standard InChI is InChI=1S/C21H28N2O8/c1-9(2)19(26)31-17-10(3)20(27)29-11(4)15(21(28)30-12(17)5)23-18(25)13-7-6-8-14(22)16(13)24/h6-12,15,17,24H,22H2,1-5H3,(H,23,25)/t10-,11-,12+,15+,17-/m1/s1. The molecule has 0 aromatic heterocycles. The number of anilines is 1. The summed E-state index contributed by atoms with van der Waals surface area (Å²) in [5.74, 6) is -4.77. The Bertz CT molecular complexity index is 869. The number of benzene rings is 1. The van der Waals surface area contributed by atoms with Crippen molar-refractivity contribution < 1.29 is 38.5 Å². The number of carbonyl (C=O) groups excluding carboxylic acids is 4. The van der Waals surface area contributed by atoms with Gasteiger partial charge in [-0.2, -0.15) is 0 Å². The van der Waals surface area contributed by atoms with Crippen molar-refractivity contribution in [1.82, 2.24) is 5.32 Å². The molecule has 2 rings (SSSR count). The third-order valence-corrected chi connectivity index (χ3v) is 4.98. The quantitative estimate of drug-likeness (QED) is 0.273. The van der Waals surface area contributed by atoms with Gasteiger partial charge >= 0.3 is 17.9 Å². The predicted molar refractivity (Wildman–Crippen MR) is 109 cm³/mol. The number of phenols is 1. The number of rotatable bonds is 4. The van der Waals surface area contributed by atoms with Gasteiger partial charge in [0.25, 0.3) is 5.91 Å². The highest BCUT2D eigenvalue weighted by atomic mass is 16.6. The molecule has 0 radical (unpaired) electrons. The third kappa shape index (κ3) is 5.44. The lowest BCUT2D eigenvalue weighted by Crippen LogP contribution is -2.50. The van der Waals surface area contributed by atoms with Gasteiger partial charge in [-0.15, -0.1) is 0 Å². The zero-order chi connectivity index (χ0) is 23.5. The van der Waals surface area contributed by atoms with Crippen LogP contribution in [0.2, 0.25) is 0 Å². The Balaban J connectivity index is 2.28. The lowest BCUT2D eigenvalue weighted by Gasteiger charge is -2.27. The van der Waals surface area contributed by atoms with Crippen molar-refractivity contribution in [3.05, 3.63) is 23.8 Å². The largest absolute Gasteiger partial charge is 0.505 e. The van der Waals surface area contributed by atoms with E-state index in [0.29, 0.717) is 0 Å². The fourth-order valence-corrected chi connectivity index (χ4v) is 3.02. The number of para-hydroxylation sites is 1. The van der Waals surface area contributed by atoms with E-state index in [1.165, 1.54) is 39.0 Å². The van der Waals surface area contributed by atoms with Crippen LogP contribution < -0.4 is 11.1 Å². The summed E-state index contributed by atoms with van der Waals surface area (Å²) >= 11 is 0. The highest BCUT2D eigenvalue weighted by Gasteiger charge is 2.42. The number of carbonyl (C=O) groups is 4. The van der Waals surface area contributed by atoms with E-state index in [0.717, 1.165) is 0 Å². The Morgan fingerprint density at radius 2 is 1.71 bits per heavy atom. The maximum Gasteiger partial charge on any atom is 0.332 e. The predicted octanol–water partition coefficient (Wildman–Crippen LogP) is 1.15. The molecule has 5 atom stereocenters. The third-order valence-electron chi connectivity index (χ3n) is 4.98. The Labute approximate surface area is 180 Å². The number of hydrogen-bond acceptors (Lipinski definition) is 9. The second kappa shape index (κ2) is 9.67. The number of amides is 1. The van der Waals surface area contributed by atoms with Gasteiger partial charge in [0.15, 0.2) is 17.9 Å². The van der Waals surface area contributed by atoms with Crippen LogP contribution in [0.3, 0.4) is 0 Å². The van der Waals surface area contributed by atoms with Crippen LogP contribution in [0.1, 0.15) is 45.0 Å². The van der Waals surface area contributed by atoms with Crippen LogP contribution in [0.5, 0.6) is 5.75 Å². The summed E-state index contributed by atoms with van der Waals surface area (Å²) in [6, 6.07) is 2.83. The number of esters is 3. The fourth-order valence-electron chi connectivity index (χ4n) is 3.02. The normalized spacial score (nSPS) is 26.7. The Hall–Kier alpha value is -3.30. The van der Waals surface area contributed by atoms with E-state index < -0.39 is 65.8 Å². The van der Waals surface area contributed by atoms with Crippen LogP contribution in [-0.2, 0) is 28.6 Å². The molecule has 4 N–H and O–H groups in total. The molecule has 170 valence electrons. The van der Waals surface area contributed by atoms with E-state index in [1.54, 1.807) is 13.8 Å². The minimum atomic E-state index is -1.37. The summed E-state index contributed by atoms with van der Waals surface area (Å²) in [4.78, 5) is 50.1. The Morgan fingerprint density at radius 3 is 2.32 bits per heavy atom. The van der Waals surface area contributed by atoms with Gasteiger partial charge in [0.2, 0.25) is 0 Å². The molecule has 1 heterocycles. The molecule has 1 aliphatic rings. The molecule has 31 heavy (non-hydrogen) atoms. The molecule has 1 aromatic rings. The summed E-state index contributed by atoms with van der Waals surface area (Å²) in [5.41, 5.74) is 5.44. The first kappa shape index (κ1) is 24.0. The molecule has 1 aromatic carbocycles. The minimum absolute atomic E-state index is 0.0126. The maximum absolute atomic E-state index is 12.8. The second-order valence-corrected chi connectivity index (χ2v) is 7.82. The van der Waals surface area contributed by atoms with Crippen molar-refractivity contribution >= 4 is 29.5 Å². The average molecular weight is 436 g/mol. The van der Waals surface area contributed by atoms with Gasteiger partial charge in [-0.05, 0) is 32.9 Å². The minimum Gasteiger partial charge on any atom is -0.505 e. The fraction of sp³-hybridized carbons (Fsp3) is 0.524. The number of nitrogens with one attached hydrogen (secondary N) is 1. The number of aromatic hydroxyl groups is 1. The number of nitrogens with two attached hydrogens (primary N) is 1. The van der Waals surface area contributed by atoms with Crippen LogP contribution in [0, 0.1) is 11.8 Å². The van der Waals surface area contributed by atoms with Crippen molar-refractivity contribution in [3.63, 3.8) is 0 Å². The number of phenolic OH excluding ortho intramolecular Hbond substituents is 1. The summed E-state index contributed by atoms with van der Waals surface area (Å²) in [6.07, 6.45) is -3.14. The van der Waals surface area contributed by atoms with Crippen molar-refractivity contribution in [2.24, 2.45) is 11.8 Å². The summed E-state index contributed by atoms with van der Waals surface area (Å²) in [5, 5.41) is 12.4. The molecule has 1 amide bonds. The molecule has 1 aliphatic heterocycles. The first-order valence-corrected chi connectivity index (χ1v) is 9.93. The number of cyclic esters (lactones) is 2. The van der Waals surface area contributed by atoms with Crippen LogP contribution in [0.25, 0.3) is 0 Å². The van der Waals surface area contributed by atoms with Crippen molar-refractivity contribution in [3.8, 4) is 5.75 Å².